The summed E-state index contributed by atoms with van der Waals surface area (Å²) in [5.41, 5.74) is 0.992. The maximum absolute atomic E-state index is 13.7. The molecular weight excluding hydrogens is 277 g/mol. The third-order valence-electron chi connectivity index (χ3n) is 3.26. The summed E-state index contributed by atoms with van der Waals surface area (Å²) in [5, 5.41) is 8.15. The number of nitrogens with one attached hydrogen (secondary N) is 2. The molecule has 1 aliphatic heterocycles. The first kappa shape index (κ1) is 13.2. The summed E-state index contributed by atoms with van der Waals surface area (Å²) in [6.07, 6.45) is 1.85. The maximum atomic E-state index is 13.7. The summed E-state index contributed by atoms with van der Waals surface area (Å²) in [6.45, 7) is 0.871. The zero-order valence-corrected chi connectivity index (χ0v) is 11.5. The fourth-order valence-corrected chi connectivity index (χ4v) is 2.94. The molecule has 1 unspecified atom stereocenters. The van der Waals surface area contributed by atoms with Crippen molar-refractivity contribution in [3.05, 3.63) is 35.5 Å². The largest absolute Gasteiger partial charge is 0.306 e. The lowest BCUT2D eigenvalue weighted by atomic mass is 10.2. The number of rotatable bonds is 3. The highest BCUT2D eigenvalue weighted by molar-refractivity contribution is 7.14. The van der Waals surface area contributed by atoms with E-state index in [1.54, 1.807) is 23.6 Å². The Kier molecular flexibility index (Phi) is 3.75. The van der Waals surface area contributed by atoms with Gasteiger partial charge in [-0.15, -0.1) is 11.3 Å². The Morgan fingerprint density at radius 1 is 1.45 bits per heavy atom. The lowest BCUT2D eigenvalue weighted by Gasteiger charge is -2.08. The summed E-state index contributed by atoms with van der Waals surface area (Å²) in [6, 6.07) is 6.33. The van der Waals surface area contributed by atoms with Gasteiger partial charge in [0.25, 0.3) is 0 Å². The van der Waals surface area contributed by atoms with Crippen molar-refractivity contribution < 1.29 is 9.18 Å². The number of hydrogen-bond acceptors (Lipinski definition) is 4. The van der Waals surface area contributed by atoms with Crippen molar-refractivity contribution in [2.75, 3.05) is 11.9 Å². The minimum atomic E-state index is -0.312. The number of halogens is 1. The van der Waals surface area contributed by atoms with Gasteiger partial charge in [0.1, 0.15) is 5.82 Å². The molecule has 0 aliphatic carbocycles. The van der Waals surface area contributed by atoms with Crippen molar-refractivity contribution >= 4 is 22.4 Å². The van der Waals surface area contributed by atoms with Crippen molar-refractivity contribution in [3.63, 3.8) is 0 Å². The van der Waals surface area contributed by atoms with E-state index in [0.717, 1.165) is 19.4 Å². The first-order chi connectivity index (χ1) is 9.74. The molecule has 1 aliphatic rings. The summed E-state index contributed by atoms with van der Waals surface area (Å²) in [4.78, 5) is 16.2. The Labute approximate surface area is 120 Å². The van der Waals surface area contributed by atoms with Crippen LogP contribution in [0.25, 0.3) is 11.3 Å². The number of aromatic nitrogens is 1. The normalized spacial score (nSPS) is 18.1. The molecule has 3 rings (SSSR count). The topological polar surface area (TPSA) is 54.0 Å². The fraction of sp³-hybridized carbons (Fsp3) is 0.286. The van der Waals surface area contributed by atoms with E-state index < -0.39 is 0 Å². The van der Waals surface area contributed by atoms with Gasteiger partial charge in [0.15, 0.2) is 5.13 Å². The zero-order valence-electron chi connectivity index (χ0n) is 10.7. The summed E-state index contributed by atoms with van der Waals surface area (Å²) in [5.74, 6) is -0.384. The third kappa shape index (κ3) is 2.71. The van der Waals surface area contributed by atoms with Crippen LogP contribution in [0.5, 0.6) is 0 Å². The van der Waals surface area contributed by atoms with E-state index in [4.69, 9.17) is 0 Å². The Morgan fingerprint density at radius 3 is 3.05 bits per heavy atom. The van der Waals surface area contributed by atoms with E-state index in [1.807, 2.05) is 0 Å². The average molecular weight is 291 g/mol. The predicted octanol–water partition coefficient (Wildman–Crippen LogP) is 2.64. The maximum Gasteiger partial charge on any atom is 0.243 e. The van der Waals surface area contributed by atoms with Gasteiger partial charge in [-0.05, 0) is 31.5 Å². The number of thiazole rings is 1. The zero-order chi connectivity index (χ0) is 13.9. The Morgan fingerprint density at radius 2 is 2.30 bits per heavy atom. The van der Waals surface area contributed by atoms with Crippen molar-refractivity contribution in [2.45, 2.75) is 18.9 Å². The first-order valence-corrected chi connectivity index (χ1v) is 7.36. The Hall–Kier alpha value is -1.79. The van der Waals surface area contributed by atoms with Gasteiger partial charge >= 0.3 is 0 Å². The molecule has 20 heavy (non-hydrogen) atoms. The molecule has 6 heteroatoms. The van der Waals surface area contributed by atoms with Crippen LogP contribution in [0.15, 0.2) is 29.6 Å². The highest BCUT2D eigenvalue weighted by atomic mass is 32.1. The van der Waals surface area contributed by atoms with Crippen LogP contribution in [0.4, 0.5) is 9.52 Å². The minimum absolute atomic E-state index is 0.0723. The SMILES string of the molecule is O=C(Nc1nc(-c2ccccc2F)cs1)C1CCCN1. The van der Waals surface area contributed by atoms with Crippen LogP contribution in [0.3, 0.4) is 0 Å². The molecule has 1 saturated heterocycles. The lowest BCUT2D eigenvalue weighted by molar-refractivity contribution is -0.117. The molecule has 0 radical (unpaired) electrons. The molecule has 1 amide bonds. The van der Waals surface area contributed by atoms with Crippen molar-refractivity contribution in [1.29, 1.82) is 0 Å². The molecule has 2 aromatic rings. The highest BCUT2D eigenvalue weighted by Crippen LogP contribution is 2.27. The van der Waals surface area contributed by atoms with E-state index in [0.29, 0.717) is 16.4 Å². The third-order valence-corrected chi connectivity index (χ3v) is 4.02. The summed E-state index contributed by atoms with van der Waals surface area (Å²) < 4.78 is 13.7. The van der Waals surface area contributed by atoms with Gasteiger partial charge in [-0.25, -0.2) is 9.37 Å². The Balaban J connectivity index is 1.74. The monoisotopic (exact) mass is 291 g/mol. The van der Waals surface area contributed by atoms with Gasteiger partial charge < -0.3 is 10.6 Å². The van der Waals surface area contributed by atoms with E-state index in [9.17, 15) is 9.18 Å². The van der Waals surface area contributed by atoms with E-state index >= 15 is 0 Å². The van der Waals surface area contributed by atoms with Gasteiger partial charge in [-0.1, -0.05) is 12.1 Å². The van der Waals surface area contributed by atoms with E-state index in [1.165, 1.54) is 17.4 Å². The van der Waals surface area contributed by atoms with Crippen molar-refractivity contribution in [3.8, 4) is 11.3 Å². The van der Waals surface area contributed by atoms with E-state index in [-0.39, 0.29) is 17.8 Å². The summed E-state index contributed by atoms with van der Waals surface area (Å²) in [7, 11) is 0. The molecule has 104 valence electrons. The fourth-order valence-electron chi connectivity index (χ4n) is 2.22. The first-order valence-electron chi connectivity index (χ1n) is 6.49. The highest BCUT2D eigenvalue weighted by Gasteiger charge is 2.22. The summed E-state index contributed by atoms with van der Waals surface area (Å²) >= 11 is 1.30. The predicted molar refractivity (Wildman–Crippen MR) is 77.2 cm³/mol. The van der Waals surface area contributed by atoms with Crippen LogP contribution in [0.1, 0.15) is 12.8 Å². The number of anilines is 1. The molecule has 2 heterocycles. The number of hydrogen-bond donors (Lipinski definition) is 2. The van der Waals surface area contributed by atoms with Crippen LogP contribution < -0.4 is 10.6 Å². The van der Waals surface area contributed by atoms with Crippen LogP contribution >= 0.6 is 11.3 Å². The number of carbonyl (C=O) groups is 1. The van der Waals surface area contributed by atoms with E-state index in [2.05, 4.69) is 15.6 Å². The number of carbonyl (C=O) groups excluding carboxylic acids is 1. The second-order valence-corrected chi connectivity index (χ2v) is 5.51. The van der Waals surface area contributed by atoms with Crippen LogP contribution in [-0.4, -0.2) is 23.5 Å². The minimum Gasteiger partial charge on any atom is -0.306 e. The molecule has 1 aromatic heterocycles. The molecule has 1 aromatic carbocycles. The van der Waals surface area contributed by atoms with Gasteiger partial charge in [0.2, 0.25) is 5.91 Å². The molecule has 0 bridgehead atoms. The quantitative estimate of drug-likeness (QED) is 0.914. The van der Waals surface area contributed by atoms with Crippen LogP contribution in [0.2, 0.25) is 0 Å². The van der Waals surface area contributed by atoms with Gasteiger partial charge in [-0.3, -0.25) is 4.79 Å². The number of amides is 1. The molecule has 0 spiro atoms. The molecular formula is C14H14FN3OS. The lowest BCUT2D eigenvalue weighted by Crippen LogP contribution is -2.35. The van der Waals surface area contributed by atoms with Gasteiger partial charge in [0.05, 0.1) is 11.7 Å². The second-order valence-electron chi connectivity index (χ2n) is 4.66. The van der Waals surface area contributed by atoms with Gasteiger partial charge in [0, 0.05) is 10.9 Å². The number of nitrogens with zero attached hydrogens (tertiary/aromatic N) is 1. The van der Waals surface area contributed by atoms with Crippen LogP contribution in [-0.2, 0) is 4.79 Å². The molecule has 0 saturated carbocycles. The second kappa shape index (κ2) is 5.68. The van der Waals surface area contributed by atoms with Crippen LogP contribution in [0, 0.1) is 5.82 Å². The number of benzene rings is 1. The smallest absolute Gasteiger partial charge is 0.243 e. The molecule has 4 nitrogen and oxygen atoms in total. The van der Waals surface area contributed by atoms with Gasteiger partial charge in [-0.2, -0.15) is 0 Å². The Bertz CT molecular complexity index is 622. The molecule has 1 atom stereocenters. The average Bonchev–Trinajstić information content (AvgIpc) is 3.10. The van der Waals surface area contributed by atoms with Crippen molar-refractivity contribution in [1.82, 2.24) is 10.3 Å². The molecule has 2 N–H and O–H groups in total. The standard InChI is InChI=1S/C14H14FN3OS/c15-10-5-2-1-4-9(10)12-8-20-14(17-12)18-13(19)11-6-3-7-16-11/h1-2,4-5,8,11,16H,3,6-7H2,(H,17,18,19). The van der Waals surface area contributed by atoms with Crippen molar-refractivity contribution in [2.24, 2.45) is 0 Å². The molecule has 1 fully saturated rings.